The van der Waals surface area contributed by atoms with E-state index in [1.54, 1.807) is 29.6 Å². The van der Waals surface area contributed by atoms with Gasteiger partial charge < -0.3 is 0 Å². The van der Waals surface area contributed by atoms with Gasteiger partial charge >= 0.3 is 0 Å². The van der Waals surface area contributed by atoms with E-state index in [4.69, 9.17) is 1.37 Å². The molecule has 25 heavy (non-hydrogen) atoms. The summed E-state index contributed by atoms with van der Waals surface area (Å²) in [5.74, 6) is 0. The molecule has 4 rings (SSSR count). The number of hydrogen-bond acceptors (Lipinski definition) is 6. The molecule has 0 amide bonds. The average Bonchev–Trinajstić information content (AvgIpc) is 3.18. The number of aromatic nitrogens is 4. The van der Waals surface area contributed by atoms with Crippen LogP contribution in [0.1, 0.15) is 6.93 Å². The average molecular weight is 436 g/mol. The van der Waals surface area contributed by atoms with Crippen molar-refractivity contribution in [3.05, 3.63) is 58.4 Å². The standard InChI is InChI=1S/C16H11BrN4O2S2/c1-10-2-4-11(5-3-10)25(22,23)21-8-12(16-20-13(17)9-24-16)14-15(21)19-7-6-18-14/h2-9H,1H3/i6D. The van der Waals surface area contributed by atoms with Crippen molar-refractivity contribution in [1.82, 2.24) is 18.9 Å². The van der Waals surface area contributed by atoms with Gasteiger partial charge in [-0.25, -0.2) is 22.4 Å². The van der Waals surface area contributed by atoms with Crippen molar-refractivity contribution < 1.29 is 9.79 Å². The Kier molecular flexibility index (Phi) is 3.65. The van der Waals surface area contributed by atoms with E-state index in [9.17, 15) is 8.42 Å². The molecule has 6 nitrogen and oxygen atoms in total. The molecule has 0 saturated carbocycles. The van der Waals surface area contributed by atoms with Gasteiger partial charge in [0.25, 0.3) is 10.0 Å². The van der Waals surface area contributed by atoms with Crippen molar-refractivity contribution in [1.29, 1.82) is 0 Å². The fourth-order valence-electron chi connectivity index (χ4n) is 2.42. The highest BCUT2D eigenvalue weighted by atomic mass is 79.9. The Hall–Kier alpha value is -2.10. The molecule has 126 valence electrons. The van der Waals surface area contributed by atoms with Gasteiger partial charge in [0.1, 0.15) is 15.1 Å². The van der Waals surface area contributed by atoms with E-state index in [1.165, 1.54) is 23.7 Å². The van der Waals surface area contributed by atoms with Crippen LogP contribution >= 0.6 is 27.3 Å². The second kappa shape index (κ2) is 6.01. The fraction of sp³-hybridized carbons (Fsp3) is 0.0625. The number of benzene rings is 1. The maximum absolute atomic E-state index is 13.1. The first-order chi connectivity index (χ1) is 12.4. The van der Waals surface area contributed by atoms with Crippen LogP contribution in [0.2, 0.25) is 0 Å². The van der Waals surface area contributed by atoms with Crippen molar-refractivity contribution in [2.75, 3.05) is 0 Å². The zero-order valence-corrected chi connectivity index (χ0v) is 16.1. The van der Waals surface area contributed by atoms with E-state index in [-0.39, 0.29) is 16.7 Å². The summed E-state index contributed by atoms with van der Waals surface area (Å²) in [4.78, 5) is 12.8. The molecular weight excluding hydrogens is 424 g/mol. The molecule has 0 aliphatic carbocycles. The van der Waals surface area contributed by atoms with Crippen molar-refractivity contribution in [3.63, 3.8) is 0 Å². The molecule has 0 fully saturated rings. The Bertz CT molecular complexity index is 1230. The van der Waals surface area contributed by atoms with E-state index >= 15 is 0 Å². The maximum Gasteiger partial charge on any atom is 0.269 e. The van der Waals surface area contributed by atoms with Crippen LogP contribution in [-0.4, -0.2) is 27.3 Å². The van der Waals surface area contributed by atoms with Gasteiger partial charge in [-0.1, -0.05) is 17.7 Å². The van der Waals surface area contributed by atoms with Crippen LogP contribution in [0.25, 0.3) is 21.7 Å². The van der Waals surface area contributed by atoms with Gasteiger partial charge in [-0.15, -0.1) is 11.3 Å². The number of thiazole rings is 1. The maximum atomic E-state index is 13.1. The van der Waals surface area contributed by atoms with Crippen LogP contribution in [0, 0.1) is 6.92 Å². The summed E-state index contributed by atoms with van der Waals surface area (Å²) in [6, 6.07) is 6.60. The first-order valence-corrected chi connectivity index (χ1v) is 10.3. The van der Waals surface area contributed by atoms with Gasteiger partial charge in [0, 0.05) is 23.9 Å². The summed E-state index contributed by atoms with van der Waals surface area (Å²) in [6.45, 7) is 1.89. The lowest BCUT2D eigenvalue weighted by Gasteiger charge is -2.06. The molecule has 0 spiro atoms. The van der Waals surface area contributed by atoms with Crippen LogP contribution in [0.3, 0.4) is 0 Å². The van der Waals surface area contributed by atoms with Crippen LogP contribution in [-0.2, 0) is 10.0 Å². The monoisotopic (exact) mass is 435 g/mol. The van der Waals surface area contributed by atoms with Crippen LogP contribution in [0.5, 0.6) is 0 Å². The predicted octanol–water partition coefficient (Wildman–Crippen LogP) is 3.86. The SMILES string of the molecule is [2H]c1cnc2c(n1)c(-c1nc(Br)cs1)cn2S(=O)(=O)c1ccc(C)cc1. The zero-order chi connectivity index (χ0) is 18.5. The van der Waals surface area contributed by atoms with Gasteiger partial charge in [-0.3, -0.25) is 4.98 Å². The minimum atomic E-state index is -3.86. The molecular formula is C16H11BrN4O2S2. The number of rotatable bonds is 3. The van der Waals surface area contributed by atoms with Crippen molar-refractivity contribution >= 4 is 48.5 Å². The molecule has 0 N–H and O–H groups in total. The molecule has 9 heteroatoms. The molecule has 0 atom stereocenters. The molecule has 0 aliphatic rings. The predicted molar refractivity (Wildman–Crippen MR) is 100 cm³/mol. The van der Waals surface area contributed by atoms with Crippen LogP contribution in [0.4, 0.5) is 0 Å². The summed E-state index contributed by atoms with van der Waals surface area (Å²) >= 11 is 4.65. The van der Waals surface area contributed by atoms with E-state index in [2.05, 4.69) is 30.9 Å². The Balaban J connectivity index is 2.00. The lowest BCUT2D eigenvalue weighted by atomic mass is 10.2. The van der Waals surface area contributed by atoms with Gasteiger partial charge in [0.2, 0.25) is 0 Å². The third-order valence-electron chi connectivity index (χ3n) is 3.63. The fourth-order valence-corrected chi connectivity index (χ4v) is 4.99. The summed E-state index contributed by atoms with van der Waals surface area (Å²) in [6.07, 6.45) is 2.65. The molecule has 0 bridgehead atoms. The highest BCUT2D eigenvalue weighted by molar-refractivity contribution is 9.10. The normalized spacial score (nSPS) is 12.5. The van der Waals surface area contributed by atoms with E-state index in [0.717, 1.165) is 9.54 Å². The second-order valence-corrected chi connectivity index (χ2v) is 8.79. The smallest absolute Gasteiger partial charge is 0.251 e. The third-order valence-corrected chi connectivity index (χ3v) is 6.88. The summed E-state index contributed by atoms with van der Waals surface area (Å²) in [7, 11) is -3.86. The molecule has 3 heterocycles. The largest absolute Gasteiger partial charge is 0.269 e. The van der Waals surface area contributed by atoms with Crippen molar-refractivity contribution in [3.8, 4) is 10.6 Å². The molecule has 0 saturated heterocycles. The number of halogens is 1. The van der Waals surface area contributed by atoms with E-state index < -0.39 is 10.0 Å². The first kappa shape index (κ1) is 15.2. The van der Waals surface area contributed by atoms with Crippen molar-refractivity contribution in [2.24, 2.45) is 0 Å². The molecule has 0 aliphatic heterocycles. The summed E-state index contributed by atoms with van der Waals surface area (Å²) in [5.41, 5.74) is 1.99. The Morgan fingerprint density at radius 3 is 2.68 bits per heavy atom. The van der Waals surface area contributed by atoms with E-state index in [0.29, 0.717) is 20.7 Å². The number of nitrogens with zero attached hydrogens (tertiary/aromatic N) is 4. The highest BCUT2D eigenvalue weighted by Crippen LogP contribution is 2.33. The second-order valence-electron chi connectivity index (χ2n) is 5.30. The first-order valence-electron chi connectivity index (χ1n) is 7.64. The zero-order valence-electron chi connectivity index (χ0n) is 13.8. The number of fused-ring (bicyclic) bond motifs is 1. The third kappa shape index (κ3) is 2.78. The van der Waals surface area contributed by atoms with Gasteiger partial charge in [-0.2, -0.15) is 0 Å². The number of hydrogen-bond donors (Lipinski definition) is 0. The lowest BCUT2D eigenvalue weighted by Crippen LogP contribution is -2.12. The van der Waals surface area contributed by atoms with E-state index in [1.807, 2.05) is 6.92 Å². The lowest BCUT2D eigenvalue weighted by molar-refractivity contribution is 0.588. The van der Waals surface area contributed by atoms with Gasteiger partial charge in [-0.05, 0) is 35.0 Å². The molecule has 4 aromatic rings. The Morgan fingerprint density at radius 1 is 1.24 bits per heavy atom. The minimum absolute atomic E-state index is 0.0418. The van der Waals surface area contributed by atoms with Gasteiger partial charge in [0.15, 0.2) is 5.65 Å². The molecule has 1 aromatic carbocycles. The van der Waals surface area contributed by atoms with Crippen molar-refractivity contribution in [2.45, 2.75) is 11.8 Å². The Labute approximate surface area is 157 Å². The highest BCUT2D eigenvalue weighted by Gasteiger charge is 2.24. The summed E-state index contributed by atoms with van der Waals surface area (Å²) < 4.78 is 35.7. The topological polar surface area (TPSA) is 77.7 Å². The molecule has 0 unspecified atom stereocenters. The minimum Gasteiger partial charge on any atom is -0.251 e. The van der Waals surface area contributed by atoms with Crippen LogP contribution < -0.4 is 0 Å². The number of aryl methyl sites for hydroxylation is 1. The Morgan fingerprint density at radius 2 is 2.00 bits per heavy atom. The van der Waals surface area contributed by atoms with Crippen LogP contribution in [0.15, 0.2) is 57.7 Å². The molecule has 0 radical (unpaired) electrons. The summed E-state index contributed by atoms with van der Waals surface area (Å²) in [5, 5.41) is 2.39. The van der Waals surface area contributed by atoms with Gasteiger partial charge in [0.05, 0.1) is 11.8 Å². The quantitative estimate of drug-likeness (QED) is 0.488. The molecule has 3 aromatic heterocycles.